The first kappa shape index (κ1) is 8.29. The number of aryl methyl sites for hydroxylation is 1. The average molecular weight is 198 g/mol. The fraction of sp³-hybridized carbons (Fsp3) is 0.0833. The summed E-state index contributed by atoms with van der Waals surface area (Å²) in [7, 11) is 0. The first-order valence-electron chi connectivity index (χ1n) is 4.86. The van der Waals surface area contributed by atoms with Gasteiger partial charge < -0.3 is 4.98 Å². The van der Waals surface area contributed by atoms with E-state index in [-0.39, 0.29) is 5.69 Å². The van der Waals surface area contributed by atoms with Crippen LogP contribution in [-0.2, 0) is 0 Å². The number of fused-ring (bicyclic) bond motifs is 3. The van der Waals surface area contributed by atoms with Crippen molar-refractivity contribution >= 4 is 16.4 Å². The summed E-state index contributed by atoms with van der Waals surface area (Å²) in [5, 5.41) is 1.07. The van der Waals surface area contributed by atoms with Gasteiger partial charge in [-0.1, -0.05) is 18.2 Å². The van der Waals surface area contributed by atoms with Gasteiger partial charge in [-0.2, -0.15) is 0 Å². The Morgan fingerprint density at radius 3 is 2.80 bits per heavy atom. The first-order valence-corrected chi connectivity index (χ1v) is 4.86. The second-order valence-electron chi connectivity index (χ2n) is 3.67. The Balaban J connectivity index is 2.71. The Hall–Kier alpha value is -2.03. The summed E-state index contributed by atoms with van der Waals surface area (Å²) >= 11 is 0. The van der Waals surface area contributed by atoms with Gasteiger partial charge in [-0.15, -0.1) is 0 Å². The number of rotatable bonds is 0. The molecule has 0 unspecified atom stereocenters. The lowest BCUT2D eigenvalue weighted by molar-refractivity contribution is 0.993. The zero-order valence-electron chi connectivity index (χ0n) is 8.32. The van der Waals surface area contributed by atoms with Gasteiger partial charge in [0, 0.05) is 11.1 Å². The number of aromatic nitrogens is 2. The number of hydrogen-bond acceptors (Lipinski definition) is 1. The fourth-order valence-corrected chi connectivity index (χ4v) is 2.00. The predicted molar refractivity (Wildman–Crippen MR) is 60.3 cm³/mol. The smallest absolute Gasteiger partial charge is 0.307 e. The summed E-state index contributed by atoms with van der Waals surface area (Å²) in [6.07, 6.45) is 0. The summed E-state index contributed by atoms with van der Waals surface area (Å²) in [6.45, 7) is 1.93. The second kappa shape index (κ2) is 2.73. The summed E-state index contributed by atoms with van der Waals surface area (Å²) in [4.78, 5) is 14.6. The molecule has 0 fully saturated rings. The van der Waals surface area contributed by atoms with E-state index in [1.54, 1.807) is 4.40 Å². The maximum Gasteiger partial charge on any atom is 0.330 e. The van der Waals surface area contributed by atoms with Crippen LogP contribution < -0.4 is 5.69 Å². The van der Waals surface area contributed by atoms with Crippen LogP contribution >= 0.6 is 0 Å². The third-order valence-electron chi connectivity index (χ3n) is 2.72. The van der Waals surface area contributed by atoms with Crippen molar-refractivity contribution < 1.29 is 0 Å². The van der Waals surface area contributed by atoms with Crippen molar-refractivity contribution in [2.24, 2.45) is 0 Å². The molecule has 3 rings (SSSR count). The first-order chi connectivity index (χ1) is 7.27. The van der Waals surface area contributed by atoms with E-state index in [4.69, 9.17) is 0 Å². The minimum atomic E-state index is -0.0776. The van der Waals surface area contributed by atoms with Gasteiger partial charge >= 0.3 is 5.69 Å². The molecule has 0 spiro atoms. The van der Waals surface area contributed by atoms with Crippen LogP contribution in [0.15, 0.2) is 41.2 Å². The standard InChI is InChI=1S/C12H10N2O/c1-8-6-7-11-9-4-2-3-5-10(9)13-12(15)14(8)11/h2-7H,1H3,(H,13,15). The molecule has 3 heteroatoms. The zero-order chi connectivity index (χ0) is 10.4. The van der Waals surface area contributed by atoms with E-state index in [1.807, 2.05) is 43.3 Å². The minimum absolute atomic E-state index is 0.0776. The Bertz CT molecular complexity index is 706. The van der Waals surface area contributed by atoms with E-state index in [1.165, 1.54) is 0 Å². The summed E-state index contributed by atoms with van der Waals surface area (Å²) < 4.78 is 1.70. The van der Waals surface area contributed by atoms with E-state index in [0.717, 1.165) is 22.1 Å². The van der Waals surface area contributed by atoms with E-state index in [9.17, 15) is 4.79 Å². The van der Waals surface area contributed by atoms with Crippen molar-refractivity contribution in [3.63, 3.8) is 0 Å². The van der Waals surface area contributed by atoms with Gasteiger partial charge in [-0.25, -0.2) is 4.79 Å². The highest BCUT2D eigenvalue weighted by atomic mass is 16.1. The molecule has 74 valence electrons. The molecule has 3 aromatic rings. The van der Waals surface area contributed by atoms with Crippen LogP contribution in [0.5, 0.6) is 0 Å². The van der Waals surface area contributed by atoms with E-state index < -0.39 is 0 Å². The Morgan fingerprint density at radius 2 is 1.93 bits per heavy atom. The van der Waals surface area contributed by atoms with Crippen LogP contribution in [-0.4, -0.2) is 9.38 Å². The summed E-state index contributed by atoms with van der Waals surface area (Å²) in [6, 6.07) is 11.8. The van der Waals surface area contributed by atoms with E-state index in [0.29, 0.717) is 0 Å². The van der Waals surface area contributed by atoms with Crippen molar-refractivity contribution in [2.45, 2.75) is 6.92 Å². The van der Waals surface area contributed by atoms with Crippen molar-refractivity contribution in [1.82, 2.24) is 9.38 Å². The third-order valence-corrected chi connectivity index (χ3v) is 2.72. The third kappa shape index (κ3) is 1.03. The number of benzene rings is 1. The molecule has 0 aliphatic carbocycles. The van der Waals surface area contributed by atoms with Crippen molar-refractivity contribution in [3.05, 3.63) is 52.6 Å². The van der Waals surface area contributed by atoms with Crippen LogP contribution in [0, 0.1) is 6.92 Å². The molecule has 1 N–H and O–H groups in total. The lowest BCUT2D eigenvalue weighted by Crippen LogP contribution is -2.16. The molecule has 0 amide bonds. The fourth-order valence-electron chi connectivity index (χ4n) is 2.00. The number of nitrogens with zero attached hydrogens (tertiary/aromatic N) is 1. The van der Waals surface area contributed by atoms with Gasteiger partial charge in [0.25, 0.3) is 0 Å². The van der Waals surface area contributed by atoms with Crippen LogP contribution in [0.4, 0.5) is 0 Å². The molecule has 0 saturated heterocycles. The van der Waals surface area contributed by atoms with Crippen LogP contribution in [0.3, 0.4) is 0 Å². The van der Waals surface area contributed by atoms with Gasteiger partial charge in [-0.05, 0) is 25.1 Å². The monoisotopic (exact) mass is 198 g/mol. The molecule has 0 saturated carbocycles. The molecule has 1 aromatic carbocycles. The second-order valence-corrected chi connectivity index (χ2v) is 3.67. The lowest BCUT2D eigenvalue weighted by atomic mass is 10.2. The molecular weight excluding hydrogens is 188 g/mol. The molecule has 3 nitrogen and oxygen atoms in total. The normalized spacial score (nSPS) is 11.3. The lowest BCUT2D eigenvalue weighted by Gasteiger charge is -2.01. The van der Waals surface area contributed by atoms with Crippen LogP contribution in [0.2, 0.25) is 0 Å². The predicted octanol–water partition coefficient (Wildman–Crippen LogP) is 2.09. The minimum Gasteiger partial charge on any atom is -0.307 e. The molecule has 15 heavy (non-hydrogen) atoms. The Kier molecular flexibility index (Phi) is 1.51. The number of nitrogens with one attached hydrogen (secondary N) is 1. The molecule has 0 radical (unpaired) electrons. The molecule has 0 bridgehead atoms. The maximum absolute atomic E-state index is 11.8. The van der Waals surface area contributed by atoms with Gasteiger partial charge in [0.1, 0.15) is 0 Å². The van der Waals surface area contributed by atoms with Gasteiger partial charge in [-0.3, -0.25) is 4.40 Å². The molecule has 2 heterocycles. The zero-order valence-corrected chi connectivity index (χ0v) is 8.32. The van der Waals surface area contributed by atoms with Crippen molar-refractivity contribution in [3.8, 4) is 0 Å². The molecular formula is C12H10N2O. The van der Waals surface area contributed by atoms with Crippen molar-refractivity contribution in [1.29, 1.82) is 0 Å². The number of H-pyrrole nitrogens is 1. The molecule has 2 aromatic heterocycles. The topological polar surface area (TPSA) is 37.3 Å². The van der Waals surface area contributed by atoms with Gasteiger partial charge in [0.15, 0.2) is 0 Å². The quantitative estimate of drug-likeness (QED) is 0.590. The highest BCUT2D eigenvalue weighted by Gasteiger charge is 2.05. The van der Waals surface area contributed by atoms with E-state index in [2.05, 4.69) is 4.98 Å². The number of hydrogen-bond donors (Lipinski definition) is 1. The number of para-hydroxylation sites is 1. The maximum atomic E-state index is 11.8. The van der Waals surface area contributed by atoms with Crippen molar-refractivity contribution in [2.75, 3.05) is 0 Å². The number of aromatic amines is 1. The van der Waals surface area contributed by atoms with Crippen LogP contribution in [0.1, 0.15) is 5.69 Å². The highest BCUT2D eigenvalue weighted by molar-refractivity contribution is 5.93. The molecule has 0 aliphatic heterocycles. The molecule has 0 aliphatic rings. The van der Waals surface area contributed by atoms with Gasteiger partial charge in [0.2, 0.25) is 0 Å². The SMILES string of the molecule is Cc1ccc2c3ccccc3[nH]c(=O)n12. The van der Waals surface area contributed by atoms with E-state index >= 15 is 0 Å². The van der Waals surface area contributed by atoms with Gasteiger partial charge in [0.05, 0.1) is 11.0 Å². The highest BCUT2D eigenvalue weighted by Crippen LogP contribution is 2.17. The largest absolute Gasteiger partial charge is 0.330 e. The summed E-state index contributed by atoms with van der Waals surface area (Å²) in [5.41, 5.74) is 2.73. The Labute approximate surface area is 86.0 Å². The Morgan fingerprint density at radius 1 is 1.13 bits per heavy atom. The van der Waals surface area contributed by atoms with Crippen LogP contribution in [0.25, 0.3) is 16.4 Å². The summed E-state index contributed by atoms with van der Waals surface area (Å²) in [5.74, 6) is 0. The average Bonchev–Trinajstić information content (AvgIpc) is 2.62. The molecule has 0 atom stereocenters.